The standard InChI is InChI=1S/C12H5BrCl2N2S/c13-6-1-2-7-9(5-6)16-12(17-11(7)15)10-8(14)3-4-18-10/h1-5H. The fourth-order valence-corrected chi connectivity index (χ4v) is 3.28. The zero-order valence-corrected chi connectivity index (χ0v) is 12.7. The van der Waals surface area contributed by atoms with Gasteiger partial charge in [-0.3, -0.25) is 0 Å². The molecular formula is C12H5BrCl2N2S. The molecule has 18 heavy (non-hydrogen) atoms. The lowest BCUT2D eigenvalue weighted by Gasteiger charge is -2.03. The molecule has 0 spiro atoms. The van der Waals surface area contributed by atoms with E-state index in [-0.39, 0.29) is 0 Å². The topological polar surface area (TPSA) is 25.8 Å². The highest BCUT2D eigenvalue weighted by molar-refractivity contribution is 9.10. The van der Waals surface area contributed by atoms with Crippen molar-refractivity contribution in [1.82, 2.24) is 9.97 Å². The second kappa shape index (κ2) is 4.78. The van der Waals surface area contributed by atoms with Crippen LogP contribution < -0.4 is 0 Å². The van der Waals surface area contributed by atoms with Gasteiger partial charge in [0.1, 0.15) is 5.15 Å². The lowest BCUT2D eigenvalue weighted by molar-refractivity contribution is 1.24. The Labute approximate surface area is 126 Å². The van der Waals surface area contributed by atoms with Crippen LogP contribution in [0.25, 0.3) is 21.6 Å². The van der Waals surface area contributed by atoms with Crippen LogP contribution in [0.5, 0.6) is 0 Å². The Morgan fingerprint density at radius 2 is 1.94 bits per heavy atom. The maximum absolute atomic E-state index is 6.18. The lowest BCUT2D eigenvalue weighted by atomic mass is 10.2. The molecule has 3 aromatic rings. The van der Waals surface area contributed by atoms with E-state index in [1.165, 1.54) is 11.3 Å². The molecule has 0 fully saturated rings. The number of benzene rings is 1. The highest BCUT2D eigenvalue weighted by atomic mass is 79.9. The van der Waals surface area contributed by atoms with Gasteiger partial charge in [0.15, 0.2) is 5.82 Å². The molecule has 90 valence electrons. The van der Waals surface area contributed by atoms with E-state index < -0.39 is 0 Å². The zero-order valence-electron chi connectivity index (χ0n) is 8.82. The minimum atomic E-state index is 0.437. The summed E-state index contributed by atoms with van der Waals surface area (Å²) in [6.07, 6.45) is 0. The van der Waals surface area contributed by atoms with E-state index in [0.29, 0.717) is 16.0 Å². The summed E-state index contributed by atoms with van der Waals surface area (Å²) >= 11 is 17.2. The average molecular weight is 360 g/mol. The normalized spacial score (nSPS) is 11.1. The number of nitrogens with zero attached hydrogens (tertiary/aromatic N) is 2. The molecule has 0 aliphatic carbocycles. The third-order valence-electron chi connectivity index (χ3n) is 2.43. The van der Waals surface area contributed by atoms with Gasteiger partial charge in [-0.15, -0.1) is 11.3 Å². The molecule has 0 atom stereocenters. The van der Waals surface area contributed by atoms with Crippen molar-refractivity contribution in [2.45, 2.75) is 0 Å². The lowest BCUT2D eigenvalue weighted by Crippen LogP contribution is -1.90. The van der Waals surface area contributed by atoms with Crippen molar-refractivity contribution in [2.75, 3.05) is 0 Å². The van der Waals surface area contributed by atoms with Gasteiger partial charge in [-0.2, -0.15) is 0 Å². The monoisotopic (exact) mass is 358 g/mol. The molecule has 0 radical (unpaired) electrons. The summed E-state index contributed by atoms with van der Waals surface area (Å²) < 4.78 is 0.952. The first-order chi connectivity index (χ1) is 8.65. The first-order valence-corrected chi connectivity index (χ1v) is 7.44. The van der Waals surface area contributed by atoms with Crippen LogP contribution in [-0.4, -0.2) is 9.97 Å². The summed E-state index contributed by atoms with van der Waals surface area (Å²) in [5.74, 6) is 0.561. The van der Waals surface area contributed by atoms with Gasteiger partial charge in [-0.1, -0.05) is 39.1 Å². The third-order valence-corrected chi connectivity index (χ3v) is 4.55. The van der Waals surface area contributed by atoms with Crippen molar-refractivity contribution in [3.05, 3.63) is 44.3 Å². The number of fused-ring (bicyclic) bond motifs is 1. The predicted octanol–water partition coefficient (Wildman–Crippen LogP) is 5.43. The van der Waals surface area contributed by atoms with Gasteiger partial charge in [0.2, 0.25) is 0 Å². The predicted molar refractivity (Wildman–Crippen MR) is 80.6 cm³/mol. The van der Waals surface area contributed by atoms with Crippen molar-refractivity contribution >= 4 is 61.4 Å². The first-order valence-electron chi connectivity index (χ1n) is 5.01. The van der Waals surface area contributed by atoms with Gasteiger partial charge in [-0.25, -0.2) is 9.97 Å². The van der Waals surface area contributed by atoms with E-state index in [9.17, 15) is 0 Å². The van der Waals surface area contributed by atoms with Crippen molar-refractivity contribution in [1.29, 1.82) is 0 Å². The van der Waals surface area contributed by atoms with Crippen molar-refractivity contribution in [2.24, 2.45) is 0 Å². The molecule has 6 heteroatoms. The Morgan fingerprint density at radius 1 is 1.11 bits per heavy atom. The van der Waals surface area contributed by atoms with E-state index in [1.54, 1.807) is 0 Å². The maximum Gasteiger partial charge on any atom is 0.173 e. The van der Waals surface area contributed by atoms with Crippen LogP contribution in [-0.2, 0) is 0 Å². The van der Waals surface area contributed by atoms with Crippen LogP contribution in [0.4, 0.5) is 0 Å². The van der Waals surface area contributed by atoms with Crippen molar-refractivity contribution in [3.8, 4) is 10.7 Å². The molecule has 2 nitrogen and oxygen atoms in total. The largest absolute Gasteiger partial charge is 0.227 e. The number of rotatable bonds is 1. The van der Waals surface area contributed by atoms with Gasteiger partial charge in [0, 0.05) is 9.86 Å². The maximum atomic E-state index is 6.18. The molecule has 0 bridgehead atoms. The summed E-state index contributed by atoms with van der Waals surface area (Å²) in [6, 6.07) is 7.54. The van der Waals surface area contributed by atoms with Gasteiger partial charge in [0.25, 0.3) is 0 Å². The number of thiophene rings is 1. The molecule has 0 aliphatic heterocycles. The SMILES string of the molecule is Clc1ccsc1-c1nc(Cl)c2ccc(Br)cc2n1. The van der Waals surface area contributed by atoms with Crippen molar-refractivity contribution < 1.29 is 0 Å². The summed E-state index contributed by atoms with van der Waals surface area (Å²) in [4.78, 5) is 9.63. The van der Waals surface area contributed by atoms with Crippen molar-refractivity contribution in [3.63, 3.8) is 0 Å². The Bertz CT molecular complexity index is 742. The number of halogens is 3. The van der Waals surface area contributed by atoms with E-state index in [4.69, 9.17) is 23.2 Å². The average Bonchev–Trinajstić information content (AvgIpc) is 2.74. The summed E-state index contributed by atoms with van der Waals surface area (Å²) in [7, 11) is 0. The molecule has 0 saturated heterocycles. The molecule has 0 saturated carbocycles. The smallest absolute Gasteiger partial charge is 0.173 e. The minimum absolute atomic E-state index is 0.437. The molecule has 0 aliphatic rings. The fourth-order valence-electron chi connectivity index (χ4n) is 1.62. The Kier molecular flexibility index (Phi) is 3.28. The van der Waals surface area contributed by atoms with Crippen LogP contribution in [0, 0.1) is 0 Å². The molecule has 0 amide bonds. The Hall–Kier alpha value is -0.680. The van der Waals surface area contributed by atoms with Gasteiger partial charge in [-0.05, 0) is 29.6 Å². The second-order valence-electron chi connectivity index (χ2n) is 3.60. The highest BCUT2D eigenvalue weighted by Gasteiger charge is 2.12. The van der Waals surface area contributed by atoms with Gasteiger partial charge in [0.05, 0.1) is 15.4 Å². The van der Waals surface area contributed by atoms with Crippen LogP contribution in [0.2, 0.25) is 10.2 Å². The van der Waals surface area contributed by atoms with Crippen LogP contribution in [0.3, 0.4) is 0 Å². The number of aromatic nitrogens is 2. The molecule has 2 heterocycles. The fraction of sp³-hybridized carbons (Fsp3) is 0. The van der Waals surface area contributed by atoms with E-state index >= 15 is 0 Å². The Balaban J connectivity index is 2.30. The van der Waals surface area contributed by atoms with Gasteiger partial charge >= 0.3 is 0 Å². The van der Waals surface area contributed by atoms with E-state index in [2.05, 4.69) is 25.9 Å². The highest BCUT2D eigenvalue weighted by Crippen LogP contribution is 2.33. The summed E-state index contributed by atoms with van der Waals surface area (Å²) in [5, 5.41) is 3.81. The zero-order chi connectivity index (χ0) is 12.7. The minimum Gasteiger partial charge on any atom is -0.227 e. The number of hydrogen-bond donors (Lipinski definition) is 0. The van der Waals surface area contributed by atoms with Crippen LogP contribution >= 0.6 is 50.5 Å². The third kappa shape index (κ3) is 2.14. The van der Waals surface area contributed by atoms with E-state index in [0.717, 1.165) is 20.3 Å². The van der Waals surface area contributed by atoms with Crippen LogP contribution in [0.1, 0.15) is 0 Å². The molecule has 2 aromatic heterocycles. The molecule has 0 unspecified atom stereocenters. The number of hydrogen-bond acceptors (Lipinski definition) is 3. The molecular weight excluding hydrogens is 355 g/mol. The van der Waals surface area contributed by atoms with E-state index in [1.807, 2.05) is 29.6 Å². The summed E-state index contributed by atoms with van der Waals surface area (Å²) in [6.45, 7) is 0. The quantitative estimate of drug-likeness (QED) is 0.541. The second-order valence-corrected chi connectivity index (χ2v) is 6.19. The van der Waals surface area contributed by atoms with Crippen LogP contribution in [0.15, 0.2) is 34.1 Å². The molecule has 1 aromatic carbocycles. The first kappa shape index (κ1) is 12.4. The van der Waals surface area contributed by atoms with Gasteiger partial charge < -0.3 is 0 Å². The molecule has 0 N–H and O–H groups in total. The Morgan fingerprint density at radius 3 is 2.67 bits per heavy atom. The summed E-state index contributed by atoms with van der Waals surface area (Å²) in [5.41, 5.74) is 0.795. The molecule has 3 rings (SSSR count).